The Bertz CT molecular complexity index is 1200. The van der Waals surface area contributed by atoms with Gasteiger partial charge in [0.2, 0.25) is 0 Å². The van der Waals surface area contributed by atoms with Crippen LogP contribution in [0.1, 0.15) is 11.1 Å². The van der Waals surface area contributed by atoms with Crippen LogP contribution in [-0.2, 0) is 5.75 Å². The molecular weight excluding hydrogens is 415 g/mol. The van der Waals surface area contributed by atoms with Crippen LogP contribution in [0.3, 0.4) is 0 Å². The fraction of sp³-hybridized carbons (Fsp3) is 0.0400. The number of halogens is 2. The summed E-state index contributed by atoms with van der Waals surface area (Å²) in [5.41, 5.74) is 4.82. The number of hydrogen-bond acceptors (Lipinski definition) is 3. The van der Waals surface area contributed by atoms with E-state index in [1.165, 1.54) is 23.9 Å². The standard InChI is InChI=1S/C25H16ClFN2S/c26-20-10-6-17(7-11-20)16-30-25-23(15-28)22(18-8-12-21(27)13-9-18)14-24(29-25)19-4-2-1-3-5-19/h1-14H,16H2. The van der Waals surface area contributed by atoms with Crippen molar-refractivity contribution in [1.82, 2.24) is 4.98 Å². The number of rotatable bonds is 5. The maximum absolute atomic E-state index is 13.5. The fourth-order valence-electron chi connectivity index (χ4n) is 3.08. The third-order valence-electron chi connectivity index (χ3n) is 4.61. The van der Waals surface area contributed by atoms with E-state index in [0.717, 1.165) is 27.9 Å². The van der Waals surface area contributed by atoms with Gasteiger partial charge in [0.15, 0.2) is 0 Å². The third-order valence-corrected chi connectivity index (χ3v) is 5.91. The van der Waals surface area contributed by atoms with Crippen LogP contribution in [0, 0.1) is 17.1 Å². The summed E-state index contributed by atoms with van der Waals surface area (Å²) in [4.78, 5) is 4.79. The van der Waals surface area contributed by atoms with Gasteiger partial charge in [0.25, 0.3) is 0 Å². The minimum Gasteiger partial charge on any atom is -0.240 e. The lowest BCUT2D eigenvalue weighted by Crippen LogP contribution is -1.96. The van der Waals surface area contributed by atoms with E-state index in [4.69, 9.17) is 16.6 Å². The molecule has 3 aromatic carbocycles. The Hall–Kier alpha value is -3.13. The Kier molecular flexibility index (Phi) is 6.13. The van der Waals surface area contributed by atoms with E-state index in [0.29, 0.717) is 21.4 Å². The van der Waals surface area contributed by atoms with Gasteiger partial charge in [0.05, 0.1) is 11.3 Å². The second-order valence-corrected chi connectivity index (χ2v) is 8.04. The van der Waals surface area contributed by atoms with Crippen LogP contribution in [0.5, 0.6) is 0 Å². The minimum atomic E-state index is -0.313. The first-order chi connectivity index (χ1) is 14.6. The molecule has 0 N–H and O–H groups in total. The van der Waals surface area contributed by atoms with Gasteiger partial charge in [-0.25, -0.2) is 9.37 Å². The molecular formula is C25H16ClFN2S. The van der Waals surface area contributed by atoms with Crippen molar-refractivity contribution < 1.29 is 4.39 Å². The van der Waals surface area contributed by atoms with Crippen LogP contribution in [0.25, 0.3) is 22.4 Å². The van der Waals surface area contributed by atoms with Gasteiger partial charge in [-0.3, -0.25) is 0 Å². The lowest BCUT2D eigenvalue weighted by atomic mass is 9.99. The van der Waals surface area contributed by atoms with Crippen molar-refractivity contribution in [3.8, 4) is 28.5 Å². The summed E-state index contributed by atoms with van der Waals surface area (Å²) in [6.07, 6.45) is 0. The number of nitriles is 1. The molecule has 5 heteroatoms. The largest absolute Gasteiger partial charge is 0.240 e. The fourth-order valence-corrected chi connectivity index (χ4v) is 4.17. The zero-order chi connectivity index (χ0) is 20.9. The molecule has 0 bridgehead atoms. The highest BCUT2D eigenvalue weighted by atomic mass is 35.5. The molecule has 0 spiro atoms. The van der Waals surface area contributed by atoms with E-state index in [1.807, 2.05) is 60.7 Å². The van der Waals surface area contributed by atoms with Crippen molar-refractivity contribution in [2.45, 2.75) is 10.8 Å². The monoisotopic (exact) mass is 430 g/mol. The van der Waals surface area contributed by atoms with Crippen molar-refractivity contribution >= 4 is 23.4 Å². The van der Waals surface area contributed by atoms with Crippen LogP contribution in [0.2, 0.25) is 5.02 Å². The smallest absolute Gasteiger partial charge is 0.123 e. The number of pyridine rings is 1. The van der Waals surface area contributed by atoms with Gasteiger partial charge in [-0.05, 0) is 41.5 Å². The Morgan fingerprint density at radius 1 is 0.900 bits per heavy atom. The lowest BCUT2D eigenvalue weighted by molar-refractivity contribution is 0.628. The topological polar surface area (TPSA) is 36.7 Å². The van der Waals surface area contributed by atoms with E-state index in [9.17, 15) is 9.65 Å². The van der Waals surface area contributed by atoms with E-state index < -0.39 is 0 Å². The molecule has 0 aliphatic carbocycles. The van der Waals surface area contributed by atoms with Crippen molar-refractivity contribution in [1.29, 1.82) is 5.26 Å². The number of nitrogens with zero attached hydrogens (tertiary/aromatic N) is 2. The lowest BCUT2D eigenvalue weighted by Gasteiger charge is -2.13. The summed E-state index contributed by atoms with van der Waals surface area (Å²) in [5.74, 6) is 0.340. The zero-order valence-corrected chi connectivity index (χ0v) is 17.4. The summed E-state index contributed by atoms with van der Waals surface area (Å²) >= 11 is 7.48. The first-order valence-corrected chi connectivity index (χ1v) is 10.6. The number of benzene rings is 3. The Morgan fingerprint density at radius 2 is 1.60 bits per heavy atom. The minimum absolute atomic E-state index is 0.313. The summed E-state index contributed by atoms with van der Waals surface area (Å²) in [7, 11) is 0. The Labute approximate surface area is 184 Å². The quantitative estimate of drug-likeness (QED) is 0.310. The SMILES string of the molecule is N#Cc1c(-c2ccc(F)cc2)cc(-c2ccccc2)nc1SCc1ccc(Cl)cc1. The first-order valence-electron chi connectivity index (χ1n) is 9.28. The van der Waals surface area contributed by atoms with Crippen molar-refractivity contribution in [3.63, 3.8) is 0 Å². The average molecular weight is 431 g/mol. The van der Waals surface area contributed by atoms with Crippen LogP contribution in [-0.4, -0.2) is 4.98 Å². The molecule has 0 unspecified atom stereocenters. The molecule has 0 saturated heterocycles. The van der Waals surface area contributed by atoms with Gasteiger partial charge < -0.3 is 0 Å². The van der Waals surface area contributed by atoms with Crippen molar-refractivity contribution in [2.24, 2.45) is 0 Å². The van der Waals surface area contributed by atoms with Gasteiger partial charge >= 0.3 is 0 Å². The number of aromatic nitrogens is 1. The van der Waals surface area contributed by atoms with E-state index in [1.54, 1.807) is 12.1 Å². The van der Waals surface area contributed by atoms with Crippen LogP contribution in [0.15, 0.2) is 90.0 Å². The highest BCUT2D eigenvalue weighted by Crippen LogP contribution is 2.35. The molecule has 0 fully saturated rings. The molecule has 4 rings (SSSR count). The molecule has 0 saturated carbocycles. The Balaban J connectivity index is 1.80. The molecule has 1 aromatic heterocycles. The summed E-state index contributed by atoms with van der Waals surface area (Å²) in [6, 6.07) is 27.8. The van der Waals surface area contributed by atoms with E-state index in [-0.39, 0.29) is 5.82 Å². The maximum atomic E-state index is 13.5. The molecule has 0 atom stereocenters. The maximum Gasteiger partial charge on any atom is 0.123 e. The van der Waals surface area contributed by atoms with Crippen LogP contribution in [0.4, 0.5) is 4.39 Å². The average Bonchev–Trinajstić information content (AvgIpc) is 2.79. The highest BCUT2D eigenvalue weighted by Gasteiger charge is 2.16. The normalized spacial score (nSPS) is 10.6. The van der Waals surface area contributed by atoms with Gasteiger partial charge in [-0.2, -0.15) is 5.26 Å². The molecule has 0 amide bonds. The van der Waals surface area contributed by atoms with Crippen molar-refractivity contribution in [2.75, 3.05) is 0 Å². The van der Waals surface area contributed by atoms with Crippen molar-refractivity contribution in [3.05, 3.63) is 107 Å². The summed E-state index contributed by atoms with van der Waals surface area (Å²) < 4.78 is 13.5. The van der Waals surface area contributed by atoms with E-state index in [2.05, 4.69) is 6.07 Å². The Morgan fingerprint density at radius 3 is 2.27 bits per heavy atom. The van der Waals surface area contributed by atoms with E-state index >= 15 is 0 Å². The van der Waals surface area contributed by atoms with Gasteiger partial charge in [-0.15, -0.1) is 11.8 Å². The van der Waals surface area contributed by atoms with Gasteiger partial charge in [0.1, 0.15) is 16.9 Å². The van der Waals surface area contributed by atoms with Crippen LogP contribution < -0.4 is 0 Å². The predicted molar refractivity (Wildman–Crippen MR) is 121 cm³/mol. The summed E-state index contributed by atoms with van der Waals surface area (Å²) in [5, 5.41) is 11.2. The number of hydrogen-bond donors (Lipinski definition) is 0. The second kappa shape index (κ2) is 9.13. The third kappa shape index (κ3) is 4.54. The highest BCUT2D eigenvalue weighted by molar-refractivity contribution is 7.98. The second-order valence-electron chi connectivity index (χ2n) is 6.64. The molecule has 146 valence electrons. The molecule has 4 aromatic rings. The molecule has 0 aliphatic heterocycles. The molecule has 1 heterocycles. The van der Waals surface area contributed by atoms with Gasteiger partial charge in [-0.1, -0.05) is 66.2 Å². The molecule has 2 nitrogen and oxygen atoms in total. The zero-order valence-electron chi connectivity index (χ0n) is 15.8. The predicted octanol–water partition coefficient (Wildman–Crippen LogP) is 7.37. The molecule has 0 aliphatic rings. The molecule has 0 radical (unpaired) electrons. The summed E-state index contributed by atoms with van der Waals surface area (Å²) in [6.45, 7) is 0. The number of thioether (sulfide) groups is 1. The molecule has 30 heavy (non-hydrogen) atoms. The first kappa shape index (κ1) is 20.2. The van der Waals surface area contributed by atoms with Gasteiger partial charge in [0, 0.05) is 21.9 Å². The van der Waals surface area contributed by atoms with Crippen LogP contribution >= 0.6 is 23.4 Å².